The summed E-state index contributed by atoms with van der Waals surface area (Å²) in [5, 5.41) is 21.5. The molecule has 2 N–H and O–H groups in total. The summed E-state index contributed by atoms with van der Waals surface area (Å²) < 4.78 is 90.3. The number of aromatic nitrogens is 3. The molecule has 0 bridgehead atoms. The molecular weight excluding hydrogens is 725 g/mol. The van der Waals surface area contributed by atoms with Gasteiger partial charge in [-0.1, -0.05) is 18.4 Å². The van der Waals surface area contributed by atoms with E-state index in [0.717, 1.165) is 38.6 Å². The number of nitrogens with zero attached hydrogens (tertiary/aromatic N) is 5. The van der Waals surface area contributed by atoms with Gasteiger partial charge in [-0.05, 0) is 81.0 Å². The number of anilines is 1. The topological polar surface area (TPSA) is 113 Å². The average molecular weight is 768 g/mol. The van der Waals surface area contributed by atoms with E-state index in [0.29, 0.717) is 50.5 Å². The van der Waals surface area contributed by atoms with Crippen molar-refractivity contribution in [2.75, 3.05) is 58.0 Å². The summed E-state index contributed by atoms with van der Waals surface area (Å²) in [4.78, 5) is 18.2. The Balaban J connectivity index is 1.18. The van der Waals surface area contributed by atoms with Crippen LogP contribution in [0.25, 0.3) is 32.9 Å². The van der Waals surface area contributed by atoms with Crippen LogP contribution in [0.4, 0.5) is 27.8 Å². The summed E-state index contributed by atoms with van der Waals surface area (Å²) in [7, 11) is 1.39. The maximum Gasteiger partial charge on any atom is 0.417 e. The molecule has 2 unspecified atom stereocenters. The van der Waals surface area contributed by atoms with Crippen molar-refractivity contribution in [1.29, 1.82) is 0 Å². The third kappa shape index (κ3) is 6.55. The third-order valence-electron chi connectivity index (χ3n) is 12.1. The predicted octanol–water partition coefficient (Wildman–Crippen LogP) is 6.76. The van der Waals surface area contributed by atoms with E-state index >= 15 is 8.78 Å². The van der Waals surface area contributed by atoms with E-state index in [9.17, 15) is 23.4 Å². The fourth-order valence-corrected chi connectivity index (χ4v) is 9.46. The van der Waals surface area contributed by atoms with Gasteiger partial charge in [0.1, 0.15) is 34.0 Å². The van der Waals surface area contributed by atoms with Crippen LogP contribution >= 0.6 is 0 Å². The first-order valence-corrected chi connectivity index (χ1v) is 18.7. The standard InChI is InChI=1S/C40H42F5N5O5/c1-3-26-28(41)9-8-24-17-25(51)18-27(30(24)26)33-32(42)34-31(36(46-33)53-2)35(49-13-6-15-54-16-14-49)48-37(47-34)55-22-38-10-4-7-29(38)50(12-5-11-38)21-23-19-39(52,20-23)40(43,44)45/h1,8-9,17-18,23,29,51-52H,4-7,10-16,19-22H2,2H3. The Hall–Kier alpha value is -4.52. The molecule has 4 aromatic rings. The zero-order valence-corrected chi connectivity index (χ0v) is 30.4. The molecular formula is C40H42F5N5O5. The molecule has 2 aliphatic carbocycles. The van der Waals surface area contributed by atoms with Crippen molar-refractivity contribution in [2.45, 2.75) is 69.2 Å². The van der Waals surface area contributed by atoms with E-state index in [1.165, 1.54) is 31.4 Å². The SMILES string of the molecule is C#Cc1c(F)ccc2cc(O)cc(-c3nc(OC)c4c(N5CCCOCC5)nc(OCC56CCCC5N(CC5CC(O)(C(F)(F)F)C5)CCC6)nc4c3F)c12. The molecule has 2 saturated heterocycles. The van der Waals surface area contributed by atoms with E-state index in [2.05, 4.69) is 20.8 Å². The number of halogens is 5. The lowest BCUT2D eigenvalue weighted by Crippen LogP contribution is -2.59. The van der Waals surface area contributed by atoms with Crippen LogP contribution in [0, 0.1) is 35.3 Å². The van der Waals surface area contributed by atoms with Crippen molar-refractivity contribution < 1.29 is 46.4 Å². The minimum Gasteiger partial charge on any atom is -0.508 e. The highest BCUT2D eigenvalue weighted by molar-refractivity contribution is 6.04. The molecule has 2 atom stereocenters. The molecule has 2 aromatic heterocycles. The maximum absolute atomic E-state index is 17.2. The van der Waals surface area contributed by atoms with Gasteiger partial charge in [-0.15, -0.1) is 6.42 Å². The summed E-state index contributed by atoms with van der Waals surface area (Å²) in [5.74, 6) is 0.643. The molecule has 4 heterocycles. The van der Waals surface area contributed by atoms with Crippen molar-refractivity contribution in [2.24, 2.45) is 11.3 Å². The van der Waals surface area contributed by atoms with Crippen molar-refractivity contribution >= 4 is 27.5 Å². The normalized spacial score (nSPS) is 26.0. The summed E-state index contributed by atoms with van der Waals surface area (Å²) in [6.45, 7) is 3.32. The molecule has 10 nitrogen and oxygen atoms in total. The van der Waals surface area contributed by atoms with E-state index in [1.54, 1.807) is 0 Å². The van der Waals surface area contributed by atoms with Gasteiger partial charge in [-0.25, -0.2) is 13.8 Å². The number of likely N-dealkylation sites (tertiary alicyclic amines) is 1. The highest BCUT2D eigenvalue weighted by atomic mass is 19.4. The Bertz CT molecular complexity index is 2170. The molecule has 292 valence electrons. The van der Waals surface area contributed by atoms with Crippen LogP contribution in [0.3, 0.4) is 0 Å². The number of alkyl halides is 3. The lowest BCUT2D eigenvalue weighted by Gasteiger charge is -2.51. The smallest absolute Gasteiger partial charge is 0.417 e. The molecule has 0 radical (unpaired) electrons. The maximum atomic E-state index is 17.2. The van der Waals surface area contributed by atoms with Gasteiger partial charge in [0.2, 0.25) is 5.88 Å². The molecule has 2 saturated carbocycles. The van der Waals surface area contributed by atoms with Crippen LogP contribution in [0.15, 0.2) is 24.3 Å². The number of aromatic hydroxyl groups is 1. The van der Waals surface area contributed by atoms with E-state index in [-0.39, 0.29) is 87.6 Å². The number of rotatable bonds is 8. The Morgan fingerprint density at radius 3 is 2.58 bits per heavy atom. The largest absolute Gasteiger partial charge is 0.508 e. The minimum absolute atomic E-state index is 0.000873. The van der Waals surface area contributed by atoms with Gasteiger partial charge >= 0.3 is 12.2 Å². The second kappa shape index (κ2) is 14.2. The van der Waals surface area contributed by atoms with E-state index in [1.807, 2.05) is 4.90 Å². The number of aliphatic hydroxyl groups is 1. The van der Waals surface area contributed by atoms with Crippen LogP contribution in [0.2, 0.25) is 0 Å². The number of phenols is 1. The molecule has 0 spiro atoms. The molecule has 4 aliphatic rings. The van der Waals surface area contributed by atoms with Crippen molar-refractivity contribution in [3.8, 4) is 41.2 Å². The molecule has 55 heavy (non-hydrogen) atoms. The molecule has 8 rings (SSSR count). The Kier molecular flexibility index (Phi) is 9.66. The monoisotopic (exact) mass is 767 g/mol. The minimum atomic E-state index is -4.64. The number of hydrogen-bond acceptors (Lipinski definition) is 10. The number of piperidine rings is 1. The third-order valence-corrected chi connectivity index (χ3v) is 12.1. The van der Waals surface area contributed by atoms with Gasteiger partial charge in [0.25, 0.3) is 0 Å². The summed E-state index contributed by atoms with van der Waals surface area (Å²) in [6, 6.07) is 5.27. The molecule has 2 aliphatic heterocycles. The summed E-state index contributed by atoms with van der Waals surface area (Å²) in [6.07, 6.45) is 5.42. The van der Waals surface area contributed by atoms with E-state index < -0.39 is 23.4 Å². The number of methoxy groups -OCH3 is 1. The van der Waals surface area contributed by atoms with Gasteiger partial charge in [-0.3, -0.25) is 4.90 Å². The summed E-state index contributed by atoms with van der Waals surface area (Å²) >= 11 is 0. The lowest BCUT2D eigenvalue weighted by atomic mass is 9.69. The zero-order valence-electron chi connectivity index (χ0n) is 30.4. The predicted molar refractivity (Wildman–Crippen MR) is 194 cm³/mol. The van der Waals surface area contributed by atoms with Crippen molar-refractivity contribution in [3.63, 3.8) is 0 Å². The van der Waals surface area contributed by atoms with Crippen LogP contribution < -0.4 is 14.4 Å². The highest BCUT2D eigenvalue weighted by Crippen LogP contribution is 2.52. The van der Waals surface area contributed by atoms with Gasteiger partial charge in [0.05, 0.1) is 25.9 Å². The van der Waals surface area contributed by atoms with Gasteiger partial charge in [0.15, 0.2) is 11.4 Å². The number of pyridine rings is 1. The first-order valence-electron chi connectivity index (χ1n) is 18.7. The number of phenolic OH excluding ortho intramolecular Hbond substituents is 1. The Morgan fingerprint density at radius 1 is 1.02 bits per heavy atom. The lowest BCUT2D eigenvalue weighted by molar-refractivity contribution is -0.300. The van der Waals surface area contributed by atoms with Crippen LogP contribution in [-0.4, -0.2) is 101 Å². The fourth-order valence-electron chi connectivity index (χ4n) is 9.46. The van der Waals surface area contributed by atoms with E-state index in [4.69, 9.17) is 25.6 Å². The first-order chi connectivity index (χ1) is 26.3. The fraction of sp³-hybridized carbons (Fsp3) is 0.525. The number of ether oxygens (including phenoxy) is 3. The van der Waals surface area contributed by atoms with Crippen molar-refractivity contribution in [3.05, 3.63) is 41.5 Å². The van der Waals surface area contributed by atoms with Crippen LogP contribution in [0.5, 0.6) is 17.6 Å². The average Bonchev–Trinajstić information content (AvgIpc) is 3.40. The molecule has 15 heteroatoms. The molecule has 2 aromatic carbocycles. The van der Waals surface area contributed by atoms with Crippen LogP contribution in [-0.2, 0) is 4.74 Å². The number of terminal acetylenes is 1. The zero-order chi connectivity index (χ0) is 38.7. The number of hydrogen-bond donors (Lipinski definition) is 2. The summed E-state index contributed by atoms with van der Waals surface area (Å²) in [5.41, 5.74) is -3.45. The first kappa shape index (κ1) is 37.4. The second-order valence-corrected chi connectivity index (χ2v) is 15.4. The van der Waals surface area contributed by atoms with Gasteiger partial charge in [0, 0.05) is 48.6 Å². The molecule has 0 amide bonds. The van der Waals surface area contributed by atoms with Crippen LogP contribution in [0.1, 0.15) is 56.9 Å². The Morgan fingerprint density at radius 2 is 1.82 bits per heavy atom. The van der Waals surface area contributed by atoms with Gasteiger partial charge < -0.3 is 29.3 Å². The number of fused-ring (bicyclic) bond motifs is 3. The second-order valence-electron chi connectivity index (χ2n) is 15.4. The van der Waals surface area contributed by atoms with Gasteiger partial charge in [-0.2, -0.15) is 23.1 Å². The quantitative estimate of drug-likeness (QED) is 0.147. The number of benzene rings is 2. The van der Waals surface area contributed by atoms with Crippen molar-refractivity contribution in [1.82, 2.24) is 19.9 Å². The molecule has 4 fully saturated rings. The Labute approximate surface area is 314 Å². The highest BCUT2D eigenvalue weighted by Gasteiger charge is 2.61.